The van der Waals surface area contributed by atoms with E-state index >= 15 is 0 Å². The van der Waals surface area contributed by atoms with Crippen LogP contribution in [0.15, 0.2) is 30.4 Å². The number of hydrogen-bond acceptors (Lipinski definition) is 3. The predicted molar refractivity (Wildman–Crippen MR) is 135 cm³/mol. The molecule has 2 N–H and O–H groups in total. The first-order valence-corrected chi connectivity index (χ1v) is 13.0. The van der Waals surface area contributed by atoms with Crippen LogP contribution < -0.4 is 5.32 Å². The smallest absolute Gasteiger partial charge is 0.224 e. The summed E-state index contributed by atoms with van der Waals surface area (Å²) < 4.78 is 1.85. The minimum absolute atomic E-state index is 0.103. The third kappa shape index (κ3) is 10.5. The molecule has 3 nitrogen and oxygen atoms in total. The number of carbonyl (C=O) groups is 1. The van der Waals surface area contributed by atoms with Gasteiger partial charge in [-0.05, 0) is 62.5 Å². The standard InChI is InChI=1S/C25H38N2OS2/c1-2-3-4-5-6-7-8-9-10-11-12-13-14-15-16-17-24(28)26-21-18-19-22-23(20-21)30-25(29)27-22/h9-10,18-20H,2-8,11-17H2,1H3,(H,26,28)(H,27,29)/b10-9+. The van der Waals surface area contributed by atoms with Gasteiger partial charge in [0, 0.05) is 12.1 Å². The Balaban J connectivity index is 1.43. The van der Waals surface area contributed by atoms with Gasteiger partial charge in [0.2, 0.25) is 5.91 Å². The summed E-state index contributed by atoms with van der Waals surface area (Å²) >= 11 is 6.70. The van der Waals surface area contributed by atoms with Crippen LogP contribution in [0.1, 0.15) is 96.8 Å². The summed E-state index contributed by atoms with van der Waals surface area (Å²) in [5.74, 6) is 0.103. The summed E-state index contributed by atoms with van der Waals surface area (Å²) in [7, 11) is 0. The second-order valence-electron chi connectivity index (χ2n) is 8.11. The summed E-state index contributed by atoms with van der Waals surface area (Å²) in [5.41, 5.74) is 1.88. The van der Waals surface area contributed by atoms with E-state index in [4.69, 9.17) is 12.2 Å². The molecule has 1 aromatic heterocycles. The van der Waals surface area contributed by atoms with Gasteiger partial charge in [-0.25, -0.2) is 0 Å². The van der Waals surface area contributed by atoms with Crippen LogP contribution in [0.4, 0.5) is 5.69 Å². The highest BCUT2D eigenvalue weighted by Gasteiger charge is 2.04. The number of unbranched alkanes of at least 4 members (excludes halogenated alkanes) is 11. The Hall–Kier alpha value is -1.46. The van der Waals surface area contributed by atoms with E-state index in [1.807, 2.05) is 18.2 Å². The van der Waals surface area contributed by atoms with Gasteiger partial charge in [-0.1, -0.05) is 70.4 Å². The van der Waals surface area contributed by atoms with Crippen LogP contribution in [0, 0.1) is 3.95 Å². The van der Waals surface area contributed by atoms with E-state index in [1.165, 1.54) is 82.0 Å². The van der Waals surface area contributed by atoms with Crippen molar-refractivity contribution in [2.75, 3.05) is 5.32 Å². The number of allylic oxidation sites excluding steroid dienone is 2. The van der Waals surface area contributed by atoms with Gasteiger partial charge in [0.05, 0.1) is 10.2 Å². The zero-order valence-corrected chi connectivity index (χ0v) is 20.1. The normalized spacial score (nSPS) is 11.5. The molecule has 0 atom stereocenters. The quantitative estimate of drug-likeness (QED) is 0.153. The highest BCUT2D eigenvalue weighted by molar-refractivity contribution is 7.73. The lowest BCUT2D eigenvalue weighted by Gasteiger charge is -2.05. The lowest BCUT2D eigenvalue weighted by Crippen LogP contribution is -2.10. The van der Waals surface area contributed by atoms with Gasteiger partial charge in [-0.2, -0.15) is 0 Å². The van der Waals surface area contributed by atoms with Gasteiger partial charge in [-0.15, -0.1) is 11.3 Å². The molecule has 0 radical (unpaired) electrons. The van der Waals surface area contributed by atoms with Crippen molar-refractivity contribution in [2.24, 2.45) is 0 Å². The molecule has 0 aliphatic carbocycles. The summed E-state index contributed by atoms with van der Waals surface area (Å²) in [6.07, 6.45) is 21.9. The molecule has 0 spiro atoms. The van der Waals surface area contributed by atoms with Gasteiger partial charge in [0.1, 0.15) is 0 Å². The number of aromatic amines is 1. The summed E-state index contributed by atoms with van der Waals surface area (Å²) in [4.78, 5) is 15.3. The second-order valence-corrected chi connectivity index (χ2v) is 9.83. The van der Waals surface area contributed by atoms with Crippen molar-refractivity contribution in [3.8, 4) is 0 Å². The minimum atomic E-state index is 0.103. The topological polar surface area (TPSA) is 44.9 Å². The van der Waals surface area contributed by atoms with Crippen molar-refractivity contribution >= 4 is 45.4 Å². The molecular weight excluding hydrogens is 408 g/mol. The average molecular weight is 447 g/mol. The Kier molecular flexibility index (Phi) is 12.7. The number of nitrogens with one attached hydrogen (secondary N) is 2. The van der Waals surface area contributed by atoms with Gasteiger partial charge in [-0.3, -0.25) is 4.79 Å². The lowest BCUT2D eigenvalue weighted by molar-refractivity contribution is -0.116. The van der Waals surface area contributed by atoms with E-state index in [2.05, 4.69) is 29.4 Å². The number of carbonyl (C=O) groups excluding carboxylic acids is 1. The van der Waals surface area contributed by atoms with Crippen molar-refractivity contribution < 1.29 is 4.79 Å². The molecule has 0 aliphatic heterocycles. The SMILES string of the molecule is CCCCCCCC/C=C/CCCCCCCC(=O)Nc1ccc2[nH]c(=S)sc2c1. The van der Waals surface area contributed by atoms with Crippen LogP contribution in [0.25, 0.3) is 10.2 Å². The molecule has 5 heteroatoms. The maximum Gasteiger partial charge on any atom is 0.224 e. The molecule has 1 aromatic carbocycles. The Labute approximate surface area is 191 Å². The fourth-order valence-electron chi connectivity index (χ4n) is 3.60. The van der Waals surface area contributed by atoms with Crippen molar-refractivity contribution in [3.63, 3.8) is 0 Å². The van der Waals surface area contributed by atoms with Crippen molar-refractivity contribution in [2.45, 2.75) is 96.8 Å². The lowest BCUT2D eigenvalue weighted by atomic mass is 10.1. The number of thiazole rings is 1. The predicted octanol–water partition coefficient (Wildman–Crippen LogP) is 8.93. The summed E-state index contributed by atoms with van der Waals surface area (Å²) in [6, 6.07) is 5.89. The molecule has 1 heterocycles. The molecule has 166 valence electrons. The molecule has 1 amide bonds. The minimum Gasteiger partial charge on any atom is -0.337 e. The fraction of sp³-hybridized carbons (Fsp3) is 0.600. The number of benzene rings is 1. The Bertz CT molecular complexity index is 822. The molecule has 0 saturated heterocycles. The van der Waals surface area contributed by atoms with E-state index in [-0.39, 0.29) is 5.91 Å². The zero-order valence-electron chi connectivity index (χ0n) is 18.5. The number of fused-ring (bicyclic) bond motifs is 1. The monoisotopic (exact) mass is 446 g/mol. The molecule has 30 heavy (non-hydrogen) atoms. The number of rotatable bonds is 16. The molecule has 2 aromatic rings. The van der Waals surface area contributed by atoms with Gasteiger partial charge in [0.15, 0.2) is 3.95 Å². The van der Waals surface area contributed by atoms with Crippen LogP contribution in [-0.4, -0.2) is 10.9 Å². The first-order chi connectivity index (χ1) is 14.7. The van der Waals surface area contributed by atoms with Crippen LogP contribution >= 0.6 is 23.6 Å². The Morgan fingerprint density at radius 2 is 1.60 bits per heavy atom. The number of anilines is 1. The molecule has 0 fully saturated rings. The maximum atomic E-state index is 12.1. The third-order valence-corrected chi connectivity index (χ3v) is 6.57. The third-order valence-electron chi connectivity index (χ3n) is 5.37. The van der Waals surface area contributed by atoms with E-state index in [9.17, 15) is 4.79 Å². The second kappa shape index (κ2) is 15.4. The summed E-state index contributed by atoms with van der Waals surface area (Å²) in [6.45, 7) is 2.27. The van der Waals surface area contributed by atoms with E-state index in [0.717, 1.165) is 32.7 Å². The number of H-pyrrole nitrogens is 1. The van der Waals surface area contributed by atoms with E-state index < -0.39 is 0 Å². The van der Waals surface area contributed by atoms with Gasteiger partial charge in [0.25, 0.3) is 0 Å². The number of aromatic nitrogens is 1. The fourth-order valence-corrected chi connectivity index (χ4v) is 4.76. The molecule has 0 saturated carbocycles. The number of hydrogen-bond donors (Lipinski definition) is 2. The van der Waals surface area contributed by atoms with E-state index in [1.54, 1.807) is 0 Å². The van der Waals surface area contributed by atoms with Crippen molar-refractivity contribution in [1.82, 2.24) is 4.98 Å². The molecule has 0 unspecified atom stereocenters. The van der Waals surface area contributed by atoms with Crippen molar-refractivity contribution in [1.29, 1.82) is 0 Å². The van der Waals surface area contributed by atoms with Crippen LogP contribution in [-0.2, 0) is 4.79 Å². The summed E-state index contributed by atoms with van der Waals surface area (Å²) in [5, 5.41) is 3.00. The largest absolute Gasteiger partial charge is 0.337 e. The van der Waals surface area contributed by atoms with Crippen molar-refractivity contribution in [3.05, 3.63) is 34.3 Å². The van der Waals surface area contributed by atoms with E-state index in [0.29, 0.717) is 6.42 Å². The highest BCUT2D eigenvalue weighted by Crippen LogP contribution is 2.23. The van der Waals surface area contributed by atoms with Crippen LogP contribution in [0.2, 0.25) is 0 Å². The molecular formula is C25H38N2OS2. The molecule has 0 aliphatic rings. The average Bonchev–Trinajstić information content (AvgIpc) is 3.10. The zero-order chi connectivity index (χ0) is 21.4. The number of amides is 1. The Morgan fingerprint density at radius 1 is 0.967 bits per heavy atom. The first kappa shape index (κ1) is 24.8. The first-order valence-electron chi connectivity index (χ1n) is 11.8. The van der Waals surface area contributed by atoms with Crippen LogP contribution in [0.3, 0.4) is 0 Å². The molecule has 0 bridgehead atoms. The van der Waals surface area contributed by atoms with Gasteiger partial charge >= 0.3 is 0 Å². The highest BCUT2D eigenvalue weighted by atomic mass is 32.1. The Morgan fingerprint density at radius 3 is 2.30 bits per heavy atom. The van der Waals surface area contributed by atoms with Crippen LogP contribution in [0.5, 0.6) is 0 Å². The maximum absolute atomic E-state index is 12.1. The van der Waals surface area contributed by atoms with Gasteiger partial charge < -0.3 is 10.3 Å². The molecule has 2 rings (SSSR count).